The highest BCUT2D eigenvalue weighted by Gasteiger charge is 2.22. The van der Waals surface area contributed by atoms with Crippen LogP contribution in [0.3, 0.4) is 0 Å². The minimum atomic E-state index is -0.00766. The molecule has 1 atom stereocenters. The molecule has 1 fully saturated rings. The highest BCUT2D eigenvalue weighted by atomic mass is 15.2. The fourth-order valence-corrected chi connectivity index (χ4v) is 2.34. The van der Waals surface area contributed by atoms with E-state index >= 15 is 0 Å². The molecular weight excluding hydrogens is 214 g/mol. The van der Waals surface area contributed by atoms with Gasteiger partial charge in [0.25, 0.3) is 0 Å². The summed E-state index contributed by atoms with van der Waals surface area (Å²) in [4.78, 5) is 10.7. The molecule has 92 valence electrons. The molecule has 5 nitrogen and oxygen atoms in total. The van der Waals surface area contributed by atoms with Gasteiger partial charge in [0.05, 0.1) is 0 Å². The fourth-order valence-electron chi connectivity index (χ4n) is 2.34. The molecule has 0 bridgehead atoms. The van der Waals surface area contributed by atoms with Crippen molar-refractivity contribution in [1.29, 1.82) is 5.41 Å². The maximum absolute atomic E-state index is 7.54. The Kier molecular flexibility index (Phi) is 3.56. The zero-order valence-corrected chi connectivity index (χ0v) is 10.2. The number of nitrogen functional groups attached to an aromatic ring is 1. The van der Waals surface area contributed by atoms with Crippen molar-refractivity contribution in [2.45, 2.75) is 26.2 Å². The van der Waals surface area contributed by atoms with E-state index in [1.54, 1.807) is 12.4 Å². The second kappa shape index (κ2) is 5.12. The van der Waals surface area contributed by atoms with Crippen LogP contribution in [0.15, 0.2) is 12.4 Å². The first-order valence-electron chi connectivity index (χ1n) is 6.12. The summed E-state index contributed by atoms with van der Waals surface area (Å²) in [5, 5.41) is 7.54. The molecule has 1 aliphatic heterocycles. The topological polar surface area (TPSA) is 78.9 Å². The molecule has 1 aliphatic rings. The zero-order chi connectivity index (χ0) is 12.3. The summed E-state index contributed by atoms with van der Waals surface area (Å²) < 4.78 is 0. The molecule has 2 heterocycles. The summed E-state index contributed by atoms with van der Waals surface area (Å²) in [7, 11) is 0. The summed E-state index contributed by atoms with van der Waals surface area (Å²) in [6, 6.07) is 0. The van der Waals surface area contributed by atoms with Crippen molar-refractivity contribution in [3.63, 3.8) is 0 Å². The van der Waals surface area contributed by atoms with Crippen molar-refractivity contribution in [2.24, 2.45) is 11.7 Å². The Morgan fingerprint density at radius 1 is 1.53 bits per heavy atom. The van der Waals surface area contributed by atoms with E-state index in [0.29, 0.717) is 11.6 Å². The number of hydrogen-bond acceptors (Lipinski definition) is 4. The smallest absolute Gasteiger partial charge is 0.158 e. The van der Waals surface area contributed by atoms with E-state index in [0.717, 1.165) is 18.9 Å². The SMILES string of the molecule is CCC1CCCN(c2nccnc2C(=N)N)C1. The third-order valence-electron chi connectivity index (χ3n) is 3.33. The number of anilines is 1. The Hall–Kier alpha value is -1.65. The molecule has 0 amide bonds. The van der Waals surface area contributed by atoms with Crippen LogP contribution in [0.2, 0.25) is 0 Å². The molecule has 0 aliphatic carbocycles. The predicted molar refractivity (Wildman–Crippen MR) is 68.3 cm³/mol. The average molecular weight is 233 g/mol. The van der Waals surface area contributed by atoms with Gasteiger partial charge in [0.2, 0.25) is 0 Å². The summed E-state index contributed by atoms with van der Waals surface area (Å²) in [5.74, 6) is 1.47. The number of nitrogens with two attached hydrogens (primary N) is 1. The van der Waals surface area contributed by atoms with Gasteiger partial charge in [0.15, 0.2) is 5.82 Å². The van der Waals surface area contributed by atoms with Crippen molar-refractivity contribution in [1.82, 2.24) is 9.97 Å². The maximum atomic E-state index is 7.54. The van der Waals surface area contributed by atoms with Crippen LogP contribution in [0.25, 0.3) is 0 Å². The minimum absolute atomic E-state index is 0.00766. The van der Waals surface area contributed by atoms with Crippen molar-refractivity contribution < 1.29 is 0 Å². The molecule has 5 heteroatoms. The van der Waals surface area contributed by atoms with Crippen LogP contribution in [-0.4, -0.2) is 28.9 Å². The molecule has 3 N–H and O–H groups in total. The quantitative estimate of drug-likeness (QED) is 0.610. The molecule has 1 aromatic heterocycles. The van der Waals surface area contributed by atoms with Crippen LogP contribution in [0.4, 0.5) is 5.82 Å². The lowest BCUT2D eigenvalue weighted by molar-refractivity contribution is 0.402. The molecule has 1 unspecified atom stereocenters. The van der Waals surface area contributed by atoms with Gasteiger partial charge < -0.3 is 10.6 Å². The Labute approximate surface area is 102 Å². The van der Waals surface area contributed by atoms with Gasteiger partial charge in [-0.25, -0.2) is 9.97 Å². The number of aromatic nitrogens is 2. The van der Waals surface area contributed by atoms with Crippen molar-refractivity contribution in [3.05, 3.63) is 18.1 Å². The molecule has 0 radical (unpaired) electrons. The van der Waals surface area contributed by atoms with Crippen LogP contribution < -0.4 is 10.6 Å². The molecule has 2 rings (SSSR count). The van der Waals surface area contributed by atoms with E-state index in [1.165, 1.54) is 19.3 Å². The van der Waals surface area contributed by atoms with Crippen molar-refractivity contribution in [2.75, 3.05) is 18.0 Å². The molecule has 0 spiro atoms. The van der Waals surface area contributed by atoms with E-state index in [-0.39, 0.29) is 5.84 Å². The van der Waals surface area contributed by atoms with Gasteiger partial charge in [-0.2, -0.15) is 0 Å². The normalized spacial score (nSPS) is 20.3. The zero-order valence-electron chi connectivity index (χ0n) is 10.2. The first-order chi connectivity index (χ1) is 8.22. The lowest BCUT2D eigenvalue weighted by Crippen LogP contribution is -2.37. The van der Waals surface area contributed by atoms with E-state index in [2.05, 4.69) is 21.8 Å². The third-order valence-corrected chi connectivity index (χ3v) is 3.33. The number of nitrogens with one attached hydrogen (secondary N) is 1. The van der Waals surface area contributed by atoms with Gasteiger partial charge in [-0.3, -0.25) is 5.41 Å². The summed E-state index contributed by atoms with van der Waals surface area (Å²) in [6.45, 7) is 4.20. The first kappa shape index (κ1) is 11.8. The number of piperidine rings is 1. The highest BCUT2D eigenvalue weighted by molar-refractivity contribution is 5.97. The molecule has 17 heavy (non-hydrogen) atoms. The molecular formula is C12H19N5. The van der Waals surface area contributed by atoms with Gasteiger partial charge in [0.1, 0.15) is 11.5 Å². The fraction of sp³-hybridized carbons (Fsp3) is 0.583. The van der Waals surface area contributed by atoms with E-state index in [9.17, 15) is 0 Å². The maximum Gasteiger partial charge on any atom is 0.158 e. The van der Waals surface area contributed by atoms with E-state index < -0.39 is 0 Å². The summed E-state index contributed by atoms with van der Waals surface area (Å²) in [5.41, 5.74) is 6.05. The van der Waals surface area contributed by atoms with Gasteiger partial charge in [-0.1, -0.05) is 13.3 Å². The van der Waals surface area contributed by atoms with Gasteiger partial charge >= 0.3 is 0 Å². The van der Waals surface area contributed by atoms with E-state index in [1.807, 2.05) is 0 Å². The van der Waals surface area contributed by atoms with Crippen molar-refractivity contribution >= 4 is 11.7 Å². The minimum Gasteiger partial charge on any atom is -0.382 e. The van der Waals surface area contributed by atoms with Crippen LogP contribution in [0, 0.1) is 11.3 Å². The Bertz CT molecular complexity index is 404. The standard InChI is InChI=1S/C12H19N5/c1-2-9-4-3-7-17(8-9)12-10(11(13)14)15-5-6-16-12/h5-6,9H,2-4,7-8H2,1H3,(H3,13,14). The van der Waals surface area contributed by atoms with Crippen LogP contribution in [-0.2, 0) is 0 Å². The largest absolute Gasteiger partial charge is 0.382 e. The lowest BCUT2D eigenvalue weighted by Gasteiger charge is -2.33. The Balaban J connectivity index is 2.24. The second-order valence-electron chi connectivity index (χ2n) is 4.50. The molecule has 1 saturated heterocycles. The summed E-state index contributed by atoms with van der Waals surface area (Å²) >= 11 is 0. The molecule has 0 saturated carbocycles. The third kappa shape index (κ3) is 2.54. The van der Waals surface area contributed by atoms with Gasteiger partial charge in [0, 0.05) is 25.5 Å². The monoisotopic (exact) mass is 233 g/mol. The molecule has 1 aromatic rings. The molecule has 0 aromatic carbocycles. The number of hydrogen-bond donors (Lipinski definition) is 2. The van der Waals surface area contributed by atoms with Crippen LogP contribution in [0.1, 0.15) is 31.9 Å². The van der Waals surface area contributed by atoms with Crippen LogP contribution >= 0.6 is 0 Å². The Morgan fingerprint density at radius 3 is 3.00 bits per heavy atom. The number of rotatable bonds is 3. The van der Waals surface area contributed by atoms with Gasteiger partial charge in [-0.15, -0.1) is 0 Å². The van der Waals surface area contributed by atoms with Gasteiger partial charge in [-0.05, 0) is 18.8 Å². The van der Waals surface area contributed by atoms with Crippen LogP contribution in [0.5, 0.6) is 0 Å². The highest BCUT2D eigenvalue weighted by Crippen LogP contribution is 2.24. The number of amidine groups is 1. The Morgan fingerprint density at radius 2 is 2.29 bits per heavy atom. The first-order valence-corrected chi connectivity index (χ1v) is 6.12. The van der Waals surface area contributed by atoms with Crippen molar-refractivity contribution in [3.8, 4) is 0 Å². The van der Waals surface area contributed by atoms with E-state index in [4.69, 9.17) is 11.1 Å². The second-order valence-corrected chi connectivity index (χ2v) is 4.50. The lowest BCUT2D eigenvalue weighted by atomic mass is 9.95. The number of nitrogens with zero attached hydrogens (tertiary/aromatic N) is 3. The average Bonchev–Trinajstić information content (AvgIpc) is 2.39. The predicted octanol–water partition coefficient (Wildman–Crippen LogP) is 1.39. The summed E-state index contributed by atoms with van der Waals surface area (Å²) in [6.07, 6.45) is 6.89.